The molecule has 5 saturated heterocycles. The van der Waals surface area contributed by atoms with Gasteiger partial charge in [-0.25, -0.2) is 15.0 Å². The zero-order valence-corrected chi connectivity index (χ0v) is 42.2. The number of hydrogen-bond donors (Lipinski definition) is 2. The normalized spacial score (nSPS) is 26.1. The number of amides is 5. The van der Waals surface area contributed by atoms with E-state index in [1.807, 2.05) is 28.3 Å². The Kier molecular flexibility index (Phi) is 12.6. The third-order valence-electron chi connectivity index (χ3n) is 17.9. The van der Waals surface area contributed by atoms with Gasteiger partial charge in [0.25, 0.3) is 0 Å². The number of imide groups is 1. The van der Waals surface area contributed by atoms with Crippen LogP contribution in [-0.2, 0) is 29.4 Å². The first-order valence-corrected chi connectivity index (χ1v) is 27.5. The molecule has 2 N–H and O–H groups in total. The van der Waals surface area contributed by atoms with E-state index in [2.05, 4.69) is 73.0 Å². The van der Waals surface area contributed by atoms with Crippen molar-refractivity contribution in [3.05, 3.63) is 60.0 Å². The minimum absolute atomic E-state index is 0.0638. The van der Waals surface area contributed by atoms with Gasteiger partial charge in [-0.05, 0) is 146 Å². The fourth-order valence-corrected chi connectivity index (χ4v) is 13.4. The first kappa shape index (κ1) is 47.1. The van der Waals surface area contributed by atoms with E-state index >= 15 is 4.79 Å². The van der Waals surface area contributed by atoms with Crippen molar-refractivity contribution < 1.29 is 24.0 Å². The molecular weight excluding hydrogens is 907 g/mol. The van der Waals surface area contributed by atoms with E-state index in [9.17, 15) is 19.2 Å². The summed E-state index contributed by atoms with van der Waals surface area (Å²) in [5, 5.41) is 6.14. The number of carbonyl (C=O) groups excluding carboxylic acids is 5. The molecule has 16 nitrogen and oxygen atoms in total. The van der Waals surface area contributed by atoms with Gasteiger partial charge in [0.15, 0.2) is 5.82 Å². The smallest absolute Gasteiger partial charge is 0.238 e. The summed E-state index contributed by atoms with van der Waals surface area (Å²) in [7, 11) is 0. The largest absolute Gasteiger partial charge is 0.366 e. The van der Waals surface area contributed by atoms with Gasteiger partial charge in [-0.3, -0.25) is 29.3 Å². The molecule has 7 fully saturated rings. The number of imidazole rings is 1. The fraction of sp³-hybridized carbons (Fsp3) is 0.607. The van der Waals surface area contributed by atoms with Gasteiger partial charge in [0.1, 0.15) is 11.3 Å². The molecule has 1 spiro atoms. The molecular formula is C56H71N11O5. The van der Waals surface area contributed by atoms with Crippen LogP contribution in [0.1, 0.15) is 140 Å². The minimum atomic E-state index is -0.675. The van der Waals surface area contributed by atoms with E-state index in [4.69, 9.17) is 9.97 Å². The Labute approximate surface area is 422 Å². The Bertz CT molecular complexity index is 2740. The van der Waals surface area contributed by atoms with Crippen LogP contribution in [0.2, 0.25) is 0 Å². The highest BCUT2D eigenvalue weighted by atomic mass is 16.2. The van der Waals surface area contributed by atoms with Crippen molar-refractivity contribution in [1.29, 1.82) is 0 Å². The van der Waals surface area contributed by atoms with E-state index in [0.29, 0.717) is 63.8 Å². The molecule has 72 heavy (non-hydrogen) atoms. The van der Waals surface area contributed by atoms with Crippen LogP contribution in [-0.4, -0.2) is 134 Å². The van der Waals surface area contributed by atoms with Crippen molar-refractivity contribution in [2.24, 2.45) is 11.8 Å². The fourth-order valence-electron chi connectivity index (χ4n) is 13.4. The van der Waals surface area contributed by atoms with Gasteiger partial charge in [-0.2, -0.15) is 0 Å². The lowest BCUT2D eigenvalue weighted by molar-refractivity contribution is -0.141. The maximum absolute atomic E-state index is 15.2. The molecule has 0 bridgehead atoms. The first-order chi connectivity index (χ1) is 35.0. The summed E-state index contributed by atoms with van der Waals surface area (Å²) in [5.74, 6) is 1.42. The first-order valence-electron chi connectivity index (χ1n) is 27.5. The van der Waals surface area contributed by atoms with Gasteiger partial charge in [0.05, 0.1) is 28.9 Å². The van der Waals surface area contributed by atoms with Crippen LogP contribution < -0.4 is 20.4 Å². The van der Waals surface area contributed by atoms with Gasteiger partial charge >= 0.3 is 0 Å². The van der Waals surface area contributed by atoms with Crippen molar-refractivity contribution in [3.63, 3.8) is 0 Å². The zero-order chi connectivity index (χ0) is 49.3. The lowest BCUT2D eigenvalue weighted by atomic mass is 9.73. The summed E-state index contributed by atoms with van der Waals surface area (Å²) in [6.45, 7) is 10.5. The summed E-state index contributed by atoms with van der Waals surface area (Å²) in [4.78, 5) is 93.3. The van der Waals surface area contributed by atoms with Crippen LogP contribution in [0.25, 0.3) is 22.3 Å². The third-order valence-corrected chi connectivity index (χ3v) is 17.9. The molecule has 4 aromatic rings. The molecule has 8 aliphatic rings. The highest BCUT2D eigenvalue weighted by molar-refractivity contribution is 6.09. The van der Waals surface area contributed by atoms with Gasteiger partial charge < -0.3 is 34.4 Å². The Morgan fingerprint density at radius 2 is 1.61 bits per heavy atom. The number of nitrogens with one attached hydrogen (secondary N) is 2. The molecule has 2 aliphatic carbocycles. The van der Waals surface area contributed by atoms with Crippen molar-refractivity contribution in [2.45, 2.75) is 152 Å². The monoisotopic (exact) mass is 978 g/mol. The van der Waals surface area contributed by atoms with E-state index in [-0.39, 0.29) is 59.4 Å². The molecule has 0 radical (unpaired) electrons. The number of fused-ring (bicyclic) bond motifs is 3. The molecule has 1 unspecified atom stereocenters. The number of hydrogen-bond acceptors (Lipinski definition) is 11. The second kappa shape index (κ2) is 19.2. The quantitative estimate of drug-likeness (QED) is 0.150. The number of benzene rings is 1. The standard InChI is InChI=1S/C56H71N11O5/c1-35(2)66-34-58-46-31-45(60-52(51(46)66)59-40-10-11-40)38-8-13-44-47(28-38)67(42-29-41(30-42)62-20-4-3-5-21-62)55(72)56(44)18-25-64(26-19-56)50(69)27-36-7-6-22-65(33-36)54(71)37-16-23-63(24-17-37)48-14-9-39(32-57-48)43-12-15-49(68)61-53(43)70/h8-9,13-14,28,31-32,34-37,40-43H,3-7,10-12,15-27,29-30,33H2,1-2H3,(H,59,60)(H,61,68,70)/t36-,41-,42+,43?/m1/s1. The SMILES string of the molecule is CC(C)n1cnc2cc(-c3ccc4c(c3)N([C@H]3C[C@@H](N5CCCCC5)C3)C(=O)C43CCN(C(=O)C[C@H]4CCCN(C(=O)C5CCN(c6ccc(C7CCC(=O)NC7=O)cn6)CC5)C4)CC3)nc(NC3CC3)c21. The van der Waals surface area contributed by atoms with Gasteiger partial charge in [0, 0.05) is 99.6 Å². The summed E-state index contributed by atoms with van der Waals surface area (Å²) >= 11 is 0. The van der Waals surface area contributed by atoms with E-state index in [1.165, 1.54) is 19.3 Å². The Morgan fingerprint density at radius 1 is 0.819 bits per heavy atom. The number of carbonyl (C=O) groups is 5. The molecule has 2 saturated carbocycles. The van der Waals surface area contributed by atoms with Crippen LogP contribution in [0, 0.1) is 11.8 Å². The topological polar surface area (TPSA) is 169 Å². The van der Waals surface area contributed by atoms with Crippen molar-refractivity contribution in [3.8, 4) is 11.3 Å². The molecule has 5 amide bonds. The maximum atomic E-state index is 15.2. The Morgan fingerprint density at radius 3 is 2.33 bits per heavy atom. The molecule has 6 aliphatic heterocycles. The predicted molar refractivity (Wildman–Crippen MR) is 275 cm³/mol. The van der Waals surface area contributed by atoms with Crippen molar-refractivity contribution in [1.82, 2.24) is 39.5 Å². The highest BCUT2D eigenvalue weighted by Crippen LogP contribution is 2.52. The van der Waals surface area contributed by atoms with Crippen LogP contribution in [0.4, 0.5) is 17.3 Å². The molecule has 380 valence electrons. The van der Waals surface area contributed by atoms with Crippen LogP contribution in [0.3, 0.4) is 0 Å². The third kappa shape index (κ3) is 8.82. The Balaban J connectivity index is 0.699. The number of nitrogens with zero attached hydrogens (tertiary/aromatic N) is 9. The molecule has 1 aromatic carbocycles. The number of aromatic nitrogens is 4. The number of anilines is 3. The van der Waals surface area contributed by atoms with Crippen LogP contribution in [0.5, 0.6) is 0 Å². The van der Waals surface area contributed by atoms with E-state index < -0.39 is 5.41 Å². The average molecular weight is 978 g/mol. The molecule has 2 atom stereocenters. The molecule has 3 aromatic heterocycles. The second-order valence-electron chi connectivity index (χ2n) is 22.8. The maximum Gasteiger partial charge on any atom is 0.238 e. The molecule has 16 heteroatoms. The van der Waals surface area contributed by atoms with Gasteiger partial charge in [0.2, 0.25) is 29.5 Å². The Hall–Kier alpha value is -5.90. The highest BCUT2D eigenvalue weighted by Gasteiger charge is 2.56. The summed E-state index contributed by atoms with van der Waals surface area (Å²) in [5.41, 5.74) is 6.04. The predicted octanol–water partition coefficient (Wildman–Crippen LogP) is 6.94. The number of piperidine rings is 5. The van der Waals surface area contributed by atoms with Crippen LogP contribution >= 0.6 is 0 Å². The van der Waals surface area contributed by atoms with Gasteiger partial charge in [-0.1, -0.05) is 24.6 Å². The minimum Gasteiger partial charge on any atom is -0.366 e. The molecule has 12 rings (SSSR count). The van der Waals surface area contributed by atoms with E-state index in [1.54, 1.807) is 6.20 Å². The summed E-state index contributed by atoms with van der Waals surface area (Å²) in [6, 6.07) is 13.9. The molecule has 9 heterocycles. The summed E-state index contributed by atoms with van der Waals surface area (Å²) < 4.78 is 2.20. The second-order valence-corrected chi connectivity index (χ2v) is 22.8. The number of likely N-dealkylation sites (tertiary alicyclic amines) is 3. The van der Waals surface area contributed by atoms with Crippen molar-refractivity contribution >= 4 is 57.9 Å². The lowest BCUT2D eigenvalue weighted by Gasteiger charge is -2.48. The van der Waals surface area contributed by atoms with Crippen molar-refractivity contribution in [2.75, 3.05) is 67.5 Å². The lowest BCUT2D eigenvalue weighted by Crippen LogP contribution is -2.58. The van der Waals surface area contributed by atoms with Crippen LogP contribution in [0.15, 0.2) is 48.9 Å². The number of rotatable bonds is 11. The van der Waals surface area contributed by atoms with E-state index in [0.717, 1.165) is 135 Å². The average Bonchev–Trinajstić information content (AvgIpc) is 4.05. The summed E-state index contributed by atoms with van der Waals surface area (Å²) in [6.07, 6.45) is 17.5. The van der Waals surface area contributed by atoms with Gasteiger partial charge in [-0.15, -0.1) is 0 Å². The zero-order valence-electron chi connectivity index (χ0n) is 42.2. The number of pyridine rings is 2.